The number of nitrogens with zero attached hydrogens (tertiary/aromatic N) is 1. The van der Waals surface area contributed by atoms with Crippen LogP contribution in [0.1, 0.15) is 75.7 Å². The van der Waals surface area contributed by atoms with Crippen molar-refractivity contribution in [3.8, 4) is 11.5 Å². The van der Waals surface area contributed by atoms with Gasteiger partial charge >= 0.3 is 5.97 Å². The average molecular weight is 465 g/mol. The lowest BCUT2D eigenvalue weighted by molar-refractivity contribution is -0.174. The first-order valence-corrected chi connectivity index (χ1v) is 11.9. The number of aromatic nitrogens is 1. The van der Waals surface area contributed by atoms with E-state index in [1.807, 2.05) is 6.92 Å². The number of aromatic hydroxyl groups is 1. The van der Waals surface area contributed by atoms with E-state index in [0.29, 0.717) is 25.9 Å². The van der Waals surface area contributed by atoms with Crippen molar-refractivity contribution in [1.29, 1.82) is 0 Å². The molecule has 1 aliphatic carbocycles. The quantitative estimate of drug-likeness (QED) is 0.564. The maximum absolute atomic E-state index is 13.0. The molecule has 0 radical (unpaired) electrons. The minimum Gasteiger partial charge on any atom is -0.503 e. The summed E-state index contributed by atoms with van der Waals surface area (Å²) in [5.74, 6) is -1.45. The minimum absolute atomic E-state index is 0.128. The summed E-state index contributed by atoms with van der Waals surface area (Å²) in [5, 5.41) is 12.9. The minimum atomic E-state index is -0.871. The van der Waals surface area contributed by atoms with E-state index in [0.717, 1.165) is 32.1 Å². The summed E-state index contributed by atoms with van der Waals surface area (Å²) in [6.07, 6.45) is 7.34. The summed E-state index contributed by atoms with van der Waals surface area (Å²) < 4.78 is 23.3. The predicted molar refractivity (Wildman–Crippen MR) is 120 cm³/mol. The molecule has 0 unspecified atom stereocenters. The molecule has 2 fully saturated rings. The molecular formula is C24H36N2O7. The van der Waals surface area contributed by atoms with Crippen molar-refractivity contribution in [2.24, 2.45) is 0 Å². The van der Waals surface area contributed by atoms with Crippen LogP contribution < -0.4 is 10.1 Å². The van der Waals surface area contributed by atoms with E-state index in [1.54, 1.807) is 0 Å². The Hall–Kier alpha value is -2.39. The molecule has 0 bridgehead atoms. The number of methoxy groups -OCH3 is 1. The van der Waals surface area contributed by atoms with Crippen molar-refractivity contribution < 1.29 is 33.6 Å². The molecule has 33 heavy (non-hydrogen) atoms. The monoisotopic (exact) mass is 464 g/mol. The van der Waals surface area contributed by atoms with Crippen LogP contribution in [0.5, 0.6) is 11.5 Å². The van der Waals surface area contributed by atoms with Crippen molar-refractivity contribution in [3.63, 3.8) is 0 Å². The van der Waals surface area contributed by atoms with Gasteiger partial charge in [0.1, 0.15) is 18.2 Å². The highest BCUT2D eigenvalue weighted by Gasteiger charge is 2.37. The molecule has 1 amide bonds. The van der Waals surface area contributed by atoms with Crippen LogP contribution in [0.3, 0.4) is 0 Å². The van der Waals surface area contributed by atoms with Crippen LogP contribution >= 0.6 is 0 Å². The first-order valence-electron chi connectivity index (χ1n) is 11.9. The van der Waals surface area contributed by atoms with Gasteiger partial charge in [0.15, 0.2) is 17.2 Å². The van der Waals surface area contributed by atoms with E-state index in [9.17, 15) is 14.7 Å². The van der Waals surface area contributed by atoms with Crippen LogP contribution in [0.15, 0.2) is 12.3 Å². The Labute approximate surface area is 195 Å². The number of hydrogen-bond acceptors (Lipinski definition) is 8. The standard InChI is InChI=1S/C24H36N2O7/c1-4-14-31-19-11-7-10-17(26-23(28)20-21(27)18(30-3)12-13-25-20)24(29)32-15(2)22(19)33-16-8-5-6-9-16/h12-13,15-17,19,22,27H,4-11,14H2,1-3H3,(H,26,28)/t15-,17-,19-,22-/m0/s1. The molecule has 1 aromatic heterocycles. The molecule has 2 heterocycles. The fourth-order valence-electron chi connectivity index (χ4n) is 4.46. The topological polar surface area (TPSA) is 116 Å². The third-order valence-electron chi connectivity index (χ3n) is 6.21. The van der Waals surface area contributed by atoms with E-state index < -0.39 is 24.0 Å². The van der Waals surface area contributed by atoms with Gasteiger partial charge in [-0.15, -0.1) is 0 Å². The molecule has 1 saturated carbocycles. The normalized spacial score (nSPS) is 26.7. The van der Waals surface area contributed by atoms with Crippen molar-refractivity contribution >= 4 is 11.9 Å². The molecule has 2 aliphatic rings. The maximum Gasteiger partial charge on any atom is 0.329 e. The largest absolute Gasteiger partial charge is 0.503 e. The number of hydrogen-bond donors (Lipinski definition) is 2. The first-order chi connectivity index (χ1) is 15.9. The Kier molecular flexibility index (Phi) is 9.31. The lowest BCUT2D eigenvalue weighted by atomic mass is 10.0. The number of nitrogens with one attached hydrogen (secondary N) is 1. The van der Waals surface area contributed by atoms with Gasteiger partial charge in [0.2, 0.25) is 0 Å². The van der Waals surface area contributed by atoms with E-state index >= 15 is 0 Å². The molecule has 0 aromatic carbocycles. The van der Waals surface area contributed by atoms with Gasteiger partial charge in [-0.2, -0.15) is 0 Å². The zero-order valence-electron chi connectivity index (χ0n) is 19.7. The van der Waals surface area contributed by atoms with Crippen LogP contribution in [0.4, 0.5) is 0 Å². The Morgan fingerprint density at radius 3 is 2.70 bits per heavy atom. The van der Waals surface area contributed by atoms with E-state index in [2.05, 4.69) is 17.2 Å². The van der Waals surface area contributed by atoms with Crippen LogP contribution in [-0.2, 0) is 19.0 Å². The fraction of sp³-hybridized carbons (Fsp3) is 0.708. The summed E-state index contributed by atoms with van der Waals surface area (Å²) in [5.41, 5.74) is -0.207. The van der Waals surface area contributed by atoms with Gasteiger partial charge < -0.3 is 29.4 Å². The highest BCUT2D eigenvalue weighted by molar-refractivity contribution is 5.97. The lowest BCUT2D eigenvalue weighted by Crippen LogP contribution is -2.46. The van der Waals surface area contributed by atoms with Gasteiger partial charge in [0.25, 0.3) is 5.91 Å². The second-order valence-corrected chi connectivity index (χ2v) is 8.73. The van der Waals surface area contributed by atoms with Gasteiger partial charge in [-0.1, -0.05) is 19.8 Å². The summed E-state index contributed by atoms with van der Waals surface area (Å²) in [6, 6.07) is 0.576. The summed E-state index contributed by atoms with van der Waals surface area (Å²) in [6.45, 7) is 4.48. The zero-order chi connectivity index (χ0) is 23.8. The molecule has 1 aliphatic heterocycles. The second-order valence-electron chi connectivity index (χ2n) is 8.73. The third kappa shape index (κ3) is 6.57. The zero-order valence-corrected chi connectivity index (χ0v) is 19.7. The number of cyclic esters (lactones) is 1. The predicted octanol–water partition coefficient (Wildman–Crippen LogP) is 3.13. The molecule has 0 spiro atoms. The second kappa shape index (κ2) is 12.2. The Bertz CT molecular complexity index is 797. The maximum atomic E-state index is 13.0. The number of carbonyl (C=O) groups is 2. The summed E-state index contributed by atoms with van der Waals surface area (Å²) >= 11 is 0. The van der Waals surface area contributed by atoms with Crippen molar-refractivity contribution in [2.75, 3.05) is 13.7 Å². The lowest BCUT2D eigenvalue weighted by Gasteiger charge is -2.33. The Balaban J connectivity index is 1.73. The smallest absolute Gasteiger partial charge is 0.329 e. The molecule has 3 rings (SSSR count). The molecule has 1 saturated heterocycles. The third-order valence-corrected chi connectivity index (χ3v) is 6.21. The highest BCUT2D eigenvalue weighted by Crippen LogP contribution is 2.29. The SMILES string of the molecule is CCCO[C@H]1CCC[C@H](NC(=O)c2nccc(OC)c2O)C(=O)O[C@@H](C)[C@@H]1OC1CCCC1. The first kappa shape index (κ1) is 25.2. The van der Waals surface area contributed by atoms with Gasteiger partial charge in [-0.05, 0) is 45.4 Å². The average Bonchev–Trinajstić information content (AvgIpc) is 3.33. The molecular weight excluding hydrogens is 428 g/mol. The van der Waals surface area contributed by atoms with Gasteiger partial charge in [-0.3, -0.25) is 4.79 Å². The van der Waals surface area contributed by atoms with Crippen LogP contribution in [0.2, 0.25) is 0 Å². The van der Waals surface area contributed by atoms with Crippen LogP contribution in [0, 0.1) is 0 Å². The van der Waals surface area contributed by atoms with Gasteiger partial charge in [0.05, 0.1) is 19.3 Å². The fourth-order valence-corrected chi connectivity index (χ4v) is 4.46. The number of pyridine rings is 1. The van der Waals surface area contributed by atoms with Crippen molar-refractivity contribution in [3.05, 3.63) is 18.0 Å². The van der Waals surface area contributed by atoms with E-state index in [4.69, 9.17) is 18.9 Å². The molecule has 1 aromatic rings. The molecule has 4 atom stereocenters. The Morgan fingerprint density at radius 2 is 2.00 bits per heavy atom. The number of esters is 1. The number of rotatable bonds is 8. The number of amides is 1. The summed E-state index contributed by atoms with van der Waals surface area (Å²) in [4.78, 5) is 29.7. The van der Waals surface area contributed by atoms with E-state index in [1.165, 1.54) is 19.4 Å². The molecule has 2 N–H and O–H groups in total. The number of carbonyl (C=O) groups excluding carboxylic acids is 2. The highest BCUT2D eigenvalue weighted by atomic mass is 16.6. The molecule has 9 nitrogen and oxygen atoms in total. The van der Waals surface area contributed by atoms with Gasteiger partial charge in [0, 0.05) is 18.9 Å². The van der Waals surface area contributed by atoms with Crippen molar-refractivity contribution in [2.45, 2.75) is 95.7 Å². The van der Waals surface area contributed by atoms with Crippen LogP contribution in [-0.4, -0.2) is 66.1 Å². The Morgan fingerprint density at radius 1 is 1.24 bits per heavy atom. The molecule has 9 heteroatoms. The molecule has 184 valence electrons. The van der Waals surface area contributed by atoms with Crippen LogP contribution in [0.25, 0.3) is 0 Å². The number of ether oxygens (including phenoxy) is 4. The van der Waals surface area contributed by atoms with Gasteiger partial charge in [-0.25, -0.2) is 9.78 Å². The van der Waals surface area contributed by atoms with Crippen molar-refractivity contribution in [1.82, 2.24) is 10.3 Å². The summed E-state index contributed by atoms with van der Waals surface area (Å²) in [7, 11) is 1.38. The van der Waals surface area contributed by atoms with E-state index in [-0.39, 0.29) is 35.5 Å².